The number of anilines is 1. The molecule has 0 saturated heterocycles. The molecule has 0 fully saturated rings. The summed E-state index contributed by atoms with van der Waals surface area (Å²) in [5.74, 6) is 1.29. The lowest BCUT2D eigenvalue weighted by Gasteiger charge is -2.10. The first-order valence-corrected chi connectivity index (χ1v) is 7.40. The smallest absolute Gasteiger partial charge is 0.238 e. The van der Waals surface area contributed by atoms with Gasteiger partial charge in [-0.15, -0.1) is 0 Å². The molecule has 0 bridgehead atoms. The summed E-state index contributed by atoms with van der Waals surface area (Å²) in [5, 5.41) is 5.96. The number of hydrogen-bond donors (Lipinski definition) is 2. The molecular weight excluding hydrogens is 292 g/mol. The molecule has 23 heavy (non-hydrogen) atoms. The van der Waals surface area contributed by atoms with Gasteiger partial charge in [0.05, 0.1) is 20.8 Å². The number of nitrogens with one attached hydrogen (secondary N) is 2. The molecule has 0 unspecified atom stereocenters. The Morgan fingerprint density at radius 1 is 1.00 bits per heavy atom. The minimum atomic E-state index is -0.0747. The quantitative estimate of drug-likeness (QED) is 0.825. The van der Waals surface area contributed by atoms with E-state index >= 15 is 0 Å². The lowest BCUT2D eigenvalue weighted by atomic mass is 10.2. The fraction of sp³-hybridized carbons (Fsp3) is 0.278. The van der Waals surface area contributed by atoms with Crippen LogP contribution >= 0.6 is 0 Å². The van der Waals surface area contributed by atoms with Crippen LogP contribution in [-0.4, -0.2) is 26.7 Å². The zero-order valence-electron chi connectivity index (χ0n) is 13.7. The average Bonchev–Trinajstić information content (AvgIpc) is 2.56. The fourth-order valence-electron chi connectivity index (χ4n) is 2.15. The highest BCUT2D eigenvalue weighted by atomic mass is 16.5. The summed E-state index contributed by atoms with van der Waals surface area (Å²) in [6.45, 7) is 2.82. The Bertz CT molecular complexity index is 654. The SMILES string of the molecule is COc1ccc(CNCC(=O)Nc2ccc(C)cc2)cc1OC. The fourth-order valence-corrected chi connectivity index (χ4v) is 2.15. The Balaban J connectivity index is 1.82. The van der Waals surface area contributed by atoms with E-state index in [2.05, 4.69) is 10.6 Å². The Hall–Kier alpha value is -2.53. The van der Waals surface area contributed by atoms with Gasteiger partial charge >= 0.3 is 0 Å². The van der Waals surface area contributed by atoms with Gasteiger partial charge in [0.2, 0.25) is 5.91 Å². The third-order valence-corrected chi connectivity index (χ3v) is 3.40. The molecule has 0 aliphatic carbocycles. The van der Waals surface area contributed by atoms with Crippen LogP contribution in [0.15, 0.2) is 42.5 Å². The number of rotatable bonds is 7. The molecule has 2 N–H and O–H groups in total. The van der Waals surface area contributed by atoms with Crippen molar-refractivity contribution in [3.8, 4) is 11.5 Å². The predicted molar refractivity (Wildman–Crippen MR) is 91.1 cm³/mol. The highest BCUT2D eigenvalue weighted by molar-refractivity contribution is 5.92. The van der Waals surface area contributed by atoms with Gasteiger partial charge in [0.15, 0.2) is 11.5 Å². The van der Waals surface area contributed by atoms with Crippen LogP contribution in [0.3, 0.4) is 0 Å². The molecule has 0 aliphatic rings. The monoisotopic (exact) mass is 314 g/mol. The van der Waals surface area contributed by atoms with Crippen molar-refractivity contribution in [2.45, 2.75) is 13.5 Å². The summed E-state index contributed by atoms with van der Waals surface area (Å²) in [4.78, 5) is 11.9. The zero-order chi connectivity index (χ0) is 16.7. The maximum atomic E-state index is 11.9. The van der Waals surface area contributed by atoms with Crippen molar-refractivity contribution in [2.24, 2.45) is 0 Å². The summed E-state index contributed by atoms with van der Waals surface area (Å²) < 4.78 is 10.5. The lowest BCUT2D eigenvalue weighted by Crippen LogP contribution is -2.27. The van der Waals surface area contributed by atoms with Crippen LogP contribution in [0.4, 0.5) is 5.69 Å². The van der Waals surface area contributed by atoms with Crippen molar-refractivity contribution >= 4 is 11.6 Å². The number of ether oxygens (including phenoxy) is 2. The van der Waals surface area contributed by atoms with Gasteiger partial charge in [-0.05, 0) is 36.8 Å². The molecule has 2 aromatic carbocycles. The van der Waals surface area contributed by atoms with E-state index in [9.17, 15) is 4.79 Å². The van der Waals surface area contributed by atoms with Crippen molar-refractivity contribution in [1.29, 1.82) is 0 Å². The maximum Gasteiger partial charge on any atom is 0.238 e. The van der Waals surface area contributed by atoms with E-state index in [0.717, 1.165) is 16.8 Å². The molecule has 2 rings (SSSR count). The Labute approximate surface area is 136 Å². The van der Waals surface area contributed by atoms with Crippen molar-refractivity contribution < 1.29 is 14.3 Å². The summed E-state index contributed by atoms with van der Waals surface area (Å²) in [6.07, 6.45) is 0. The van der Waals surface area contributed by atoms with Gasteiger partial charge in [-0.1, -0.05) is 23.8 Å². The van der Waals surface area contributed by atoms with Crippen LogP contribution in [0, 0.1) is 6.92 Å². The Kier molecular flexibility index (Phi) is 6.00. The first-order valence-electron chi connectivity index (χ1n) is 7.40. The van der Waals surface area contributed by atoms with Crippen LogP contribution < -0.4 is 20.1 Å². The second kappa shape index (κ2) is 8.19. The summed E-state index contributed by atoms with van der Waals surface area (Å²) >= 11 is 0. The molecule has 5 heteroatoms. The molecule has 122 valence electrons. The standard InChI is InChI=1S/C18H22N2O3/c1-13-4-7-15(8-5-13)20-18(21)12-19-11-14-6-9-16(22-2)17(10-14)23-3/h4-10,19H,11-12H2,1-3H3,(H,20,21). The van der Waals surface area contributed by atoms with Crippen molar-refractivity contribution in [3.63, 3.8) is 0 Å². The molecule has 0 aromatic heterocycles. The molecule has 0 spiro atoms. The zero-order valence-corrected chi connectivity index (χ0v) is 13.7. The van der Waals surface area contributed by atoms with Crippen molar-refractivity contribution in [3.05, 3.63) is 53.6 Å². The first kappa shape index (κ1) is 16.8. The van der Waals surface area contributed by atoms with Crippen LogP contribution in [0.25, 0.3) is 0 Å². The number of methoxy groups -OCH3 is 2. The molecule has 0 saturated carbocycles. The van der Waals surface area contributed by atoms with Gasteiger partial charge < -0.3 is 20.1 Å². The van der Waals surface area contributed by atoms with E-state index < -0.39 is 0 Å². The van der Waals surface area contributed by atoms with Gasteiger partial charge in [0, 0.05) is 12.2 Å². The lowest BCUT2D eigenvalue weighted by molar-refractivity contribution is -0.115. The van der Waals surface area contributed by atoms with Gasteiger partial charge in [0.1, 0.15) is 0 Å². The number of benzene rings is 2. The highest BCUT2D eigenvalue weighted by Crippen LogP contribution is 2.27. The number of carbonyl (C=O) groups excluding carboxylic acids is 1. The van der Waals surface area contributed by atoms with Crippen LogP contribution in [-0.2, 0) is 11.3 Å². The van der Waals surface area contributed by atoms with Gasteiger partial charge in [-0.2, -0.15) is 0 Å². The Morgan fingerprint density at radius 3 is 2.35 bits per heavy atom. The third kappa shape index (κ3) is 5.00. The topological polar surface area (TPSA) is 59.6 Å². The predicted octanol–water partition coefficient (Wildman–Crippen LogP) is 2.74. The Morgan fingerprint density at radius 2 is 1.70 bits per heavy atom. The largest absolute Gasteiger partial charge is 0.493 e. The van der Waals surface area contributed by atoms with Crippen molar-refractivity contribution in [2.75, 3.05) is 26.1 Å². The number of aryl methyl sites for hydroxylation is 1. The van der Waals surface area contributed by atoms with Gasteiger partial charge in [-0.3, -0.25) is 4.79 Å². The van der Waals surface area contributed by atoms with E-state index in [-0.39, 0.29) is 12.5 Å². The number of carbonyl (C=O) groups is 1. The average molecular weight is 314 g/mol. The number of hydrogen-bond acceptors (Lipinski definition) is 4. The molecule has 0 heterocycles. The minimum absolute atomic E-state index is 0.0747. The van der Waals surface area contributed by atoms with Gasteiger partial charge in [-0.25, -0.2) is 0 Å². The summed E-state index contributed by atoms with van der Waals surface area (Å²) in [6, 6.07) is 13.4. The second-order valence-electron chi connectivity index (χ2n) is 5.21. The van der Waals surface area contributed by atoms with E-state index in [0.29, 0.717) is 18.0 Å². The summed E-state index contributed by atoms with van der Waals surface area (Å²) in [7, 11) is 3.20. The number of amides is 1. The molecular formula is C18H22N2O3. The molecule has 0 radical (unpaired) electrons. The maximum absolute atomic E-state index is 11.9. The van der Waals surface area contributed by atoms with E-state index in [1.165, 1.54) is 0 Å². The molecule has 0 aliphatic heterocycles. The summed E-state index contributed by atoms with van der Waals surface area (Å²) in [5.41, 5.74) is 2.98. The van der Waals surface area contributed by atoms with E-state index in [4.69, 9.17) is 9.47 Å². The molecule has 5 nitrogen and oxygen atoms in total. The van der Waals surface area contributed by atoms with E-state index in [1.54, 1.807) is 14.2 Å². The minimum Gasteiger partial charge on any atom is -0.493 e. The highest BCUT2D eigenvalue weighted by Gasteiger charge is 2.06. The van der Waals surface area contributed by atoms with Crippen molar-refractivity contribution in [1.82, 2.24) is 5.32 Å². The van der Waals surface area contributed by atoms with Crippen LogP contribution in [0.2, 0.25) is 0 Å². The molecule has 1 amide bonds. The second-order valence-corrected chi connectivity index (χ2v) is 5.21. The van der Waals surface area contributed by atoms with Crippen LogP contribution in [0.1, 0.15) is 11.1 Å². The molecule has 0 atom stereocenters. The molecule has 2 aromatic rings. The third-order valence-electron chi connectivity index (χ3n) is 3.40. The first-order chi connectivity index (χ1) is 11.1. The normalized spacial score (nSPS) is 10.2. The van der Waals surface area contributed by atoms with Gasteiger partial charge in [0.25, 0.3) is 0 Å². The van der Waals surface area contributed by atoms with Crippen LogP contribution in [0.5, 0.6) is 11.5 Å². The van der Waals surface area contributed by atoms with E-state index in [1.807, 2.05) is 49.4 Å².